The highest BCUT2D eigenvalue weighted by molar-refractivity contribution is 5.96. The van der Waals surface area contributed by atoms with E-state index in [0.29, 0.717) is 17.6 Å². The van der Waals surface area contributed by atoms with Crippen LogP contribution in [0.15, 0.2) is 65.3 Å². The lowest BCUT2D eigenvalue weighted by atomic mass is 9.59. The molecule has 2 bridgehead atoms. The van der Waals surface area contributed by atoms with Crippen LogP contribution in [0, 0.1) is 34.5 Å². The molecule has 0 saturated heterocycles. The highest BCUT2D eigenvalue weighted by Crippen LogP contribution is 2.72. The van der Waals surface area contributed by atoms with Crippen LogP contribution in [0.3, 0.4) is 0 Å². The summed E-state index contributed by atoms with van der Waals surface area (Å²) in [5.41, 5.74) is -3.00. The molecule has 0 amide bonds. The molecule has 0 aliphatic heterocycles. The van der Waals surface area contributed by atoms with Crippen molar-refractivity contribution in [1.82, 2.24) is 0 Å². The molecule has 0 aromatic heterocycles. The number of ketones is 1. The van der Waals surface area contributed by atoms with E-state index in [0.717, 1.165) is 0 Å². The fraction of sp³-hybridized carbons (Fsp3) is 0.529. The molecule has 0 radical (unpaired) electrons. The Bertz CT molecular complexity index is 1440. The minimum atomic E-state index is -2.21. The van der Waals surface area contributed by atoms with Crippen molar-refractivity contribution in [2.75, 3.05) is 13.2 Å². The molecule has 0 heterocycles. The van der Waals surface area contributed by atoms with E-state index in [1.807, 2.05) is 19.9 Å². The van der Waals surface area contributed by atoms with Crippen molar-refractivity contribution < 1.29 is 43.6 Å². The van der Waals surface area contributed by atoms with E-state index < -0.39 is 65.0 Å². The zero-order chi connectivity index (χ0) is 31.5. The summed E-state index contributed by atoms with van der Waals surface area (Å²) in [4.78, 5) is 53.1. The van der Waals surface area contributed by atoms with Crippen LogP contribution in [-0.2, 0) is 28.6 Å². The molecule has 4 aliphatic carbocycles. The monoisotopic (exact) mass is 592 g/mol. The number of rotatable bonds is 7. The molecule has 4 aliphatic rings. The Morgan fingerprint density at radius 2 is 1.77 bits per heavy atom. The number of allylic oxidation sites excluding steroid dienone is 2. The Hall–Kier alpha value is -3.56. The Kier molecular flexibility index (Phi) is 7.80. The second-order valence-electron chi connectivity index (χ2n) is 12.8. The average molecular weight is 593 g/mol. The molecule has 1 spiro atoms. The number of esters is 3. The van der Waals surface area contributed by atoms with Crippen molar-refractivity contribution >= 4 is 23.7 Å². The highest BCUT2D eigenvalue weighted by Gasteiger charge is 2.78. The summed E-state index contributed by atoms with van der Waals surface area (Å²) < 4.78 is 17.4. The molecule has 1 aromatic carbocycles. The number of fused-ring (bicyclic) bond motifs is 3. The Morgan fingerprint density at radius 1 is 1.09 bits per heavy atom. The van der Waals surface area contributed by atoms with Crippen molar-refractivity contribution in [1.29, 1.82) is 0 Å². The molecule has 5 rings (SSSR count). The van der Waals surface area contributed by atoms with Crippen LogP contribution in [-0.4, -0.2) is 64.9 Å². The molecule has 2 fully saturated rings. The summed E-state index contributed by atoms with van der Waals surface area (Å²) in [6.07, 6.45) is 2.61. The summed E-state index contributed by atoms with van der Waals surface area (Å²) in [5, 5.41) is 23.5. The zero-order valence-electron chi connectivity index (χ0n) is 25.5. The number of benzene rings is 1. The Balaban J connectivity index is 1.60. The molecule has 2 N–H and O–H groups in total. The molecular formula is C34H40O9. The van der Waals surface area contributed by atoms with Crippen LogP contribution in [0.1, 0.15) is 58.3 Å². The van der Waals surface area contributed by atoms with Gasteiger partial charge in [0.15, 0.2) is 23.6 Å². The topological polar surface area (TPSA) is 136 Å². The first-order chi connectivity index (χ1) is 20.3. The van der Waals surface area contributed by atoms with E-state index in [1.165, 1.54) is 6.92 Å². The maximum absolute atomic E-state index is 14.9. The highest BCUT2D eigenvalue weighted by atomic mass is 16.6. The predicted octanol–water partition coefficient (Wildman–Crippen LogP) is 3.74. The summed E-state index contributed by atoms with van der Waals surface area (Å²) in [7, 11) is 0. The fourth-order valence-electron chi connectivity index (χ4n) is 8.13. The van der Waals surface area contributed by atoms with Gasteiger partial charge in [-0.15, -0.1) is 0 Å². The van der Waals surface area contributed by atoms with E-state index in [1.54, 1.807) is 63.3 Å². The summed E-state index contributed by atoms with van der Waals surface area (Å²) in [6, 6.07) is 8.69. The van der Waals surface area contributed by atoms with Crippen LogP contribution in [0.4, 0.5) is 0 Å². The third kappa shape index (κ3) is 4.51. The predicted molar refractivity (Wildman–Crippen MR) is 155 cm³/mol. The number of ether oxygens (including phenoxy) is 3. The van der Waals surface area contributed by atoms with E-state index in [-0.39, 0.29) is 35.4 Å². The molecule has 9 unspecified atom stereocenters. The lowest BCUT2D eigenvalue weighted by Gasteiger charge is -2.49. The maximum atomic E-state index is 14.9. The Morgan fingerprint density at radius 3 is 2.37 bits per heavy atom. The average Bonchev–Trinajstić information content (AvgIpc) is 3.52. The number of hydrogen-bond donors (Lipinski definition) is 2. The largest absolute Gasteiger partial charge is 0.461 e. The number of aliphatic hydroxyl groups is 2. The molecule has 2 saturated carbocycles. The third-order valence-corrected chi connectivity index (χ3v) is 10.4. The molecule has 9 nitrogen and oxygen atoms in total. The molecule has 9 atom stereocenters. The standard InChI is InChI=1S/C34H40O9/c1-7-18(2)30(38)43-29-23(16-35)14-24-26-25(32(26,6)17-41-31(39)22-11-9-8-10-12-22)13-20(4)33(27(24)37)15-19(3)28(34(29,33)40)42-21(5)36/h7-12,14-15,20,24-26,28-29,35,40H,13,16-17H2,1-6H3. The lowest BCUT2D eigenvalue weighted by molar-refractivity contribution is -0.210. The third-order valence-electron chi connectivity index (χ3n) is 10.4. The molecule has 43 heavy (non-hydrogen) atoms. The first-order valence-electron chi connectivity index (χ1n) is 14.8. The van der Waals surface area contributed by atoms with Gasteiger partial charge in [0.25, 0.3) is 0 Å². The van der Waals surface area contributed by atoms with Crippen LogP contribution in [0.2, 0.25) is 0 Å². The van der Waals surface area contributed by atoms with Crippen molar-refractivity contribution in [2.45, 2.75) is 65.8 Å². The van der Waals surface area contributed by atoms with Crippen molar-refractivity contribution in [3.8, 4) is 0 Å². The number of Topliss-reactive ketones (excluding diaryl/α,β-unsaturated/α-hetero) is 1. The van der Waals surface area contributed by atoms with Crippen LogP contribution in [0.5, 0.6) is 0 Å². The van der Waals surface area contributed by atoms with Gasteiger partial charge in [0, 0.05) is 23.8 Å². The van der Waals surface area contributed by atoms with E-state index in [2.05, 4.69) is 0 Å². The van der Waals surface area contributed by atoms with E-state index in [4.69, 9.17) is 14.2 Å². The van der Waals surface area contributed by atoms with Crippen molar-refractivity contribution in [3.05, 3.63) is 70.8 Å². The van der Waals surface area contributed by atoms with Gasteiger partial charge < -0.3 is 24.4 Å². The van der Waals surface area contributed by atoms with Crippen molar-refractivity contribution in [3.63, 3.8) is 0 Å². The lowest BCUT2D eigenvalue weighted by Crippen LogP contribution is -2.66. The first kappa shape index (κ1) is 30.9. The van der Waals surface area contributed by atoms with Gasteiger partial charge in [-0.25, -0.2) is 9.59 Å². The number of aliphatic hydroxyl groups excluding tert-OH is 1. The second kappa shape index (κ2) is 10.9. The van der Waals surface area contributed by atoms with Gasteiger partial charge in [0.1, 0.15) is 0 Å². The number of hydrogen-bond acceptors (Lipinski definition) is 9. The Labute approximate surface area is 251 Å². The van der Waals surface area contributed by atoms with Gasteiger partial charge in [-0.1, -0.05) is 50.3 Å². The van der Waals surface area contributed by atoms with Crippen LogP contribution >= 0.6 is 0 Å². The maximum Gasteiger partial charge on any atom is 0.338 e. The summed E-state index contributed by atoms with van der Waals surface area (Å²) >= 11 is 0. The SMILES string of the molecule is CC=C(C)C(=O)OC1C(CO)=CC2C(=O)C3(C=C(C)C(OC(C)=O)C13O)C(C)CC1C2C1(C)COC(=O)c1ccccc1. The normalized spacial score (nSPS) is 38.0. The number of carbonyl (C=O) groups excluding carboxylic acids is 4. The molecule has 230 valence electrons. The van der Waals surface area contributed by atoms with Gasteiger partial charge >= 0.3 is 17.9 Å². The molecule has 9 heteroatoms. The number of carbonyl (C=O) groups is 4. The minimum Gasteiger partial charge on any atom is -0.461 e. The fourth-order valence-corrected chi connectivity index (χ4v) is 8.13. The van der Waals surface area contributed by atoms with Crippen LogP contribution in [0.25, 0.3) is 0 Å². The van der Waals surface area contributed by atoms with Gasteiger partial charge in [0.05, 0.1) is 24.2 Å². The quantitative estimate of drug-likeness (QED) is 0.210. The smallest absolute Gasteiger partial charge is 0.338 e. The summed E-state index contributed by atoms with van der Waals surface area (Å²) in [6.45, 7) is 9.49. The van der Waals surface area contributed by atoms with Crippen LogP contribution < -0.4 is 0 Å². The second-order valence-corrected chi connectivity index (χ2v) is 12.8. The van der Waals surface area contributed by atoms with E-state index >= 15 is 0 Å². The zero-order valence-corrected chi connectivity index (χ0v) is 25.5. The minimum absolute atomic E-state index is 0.0364. The summed E-state index contributed by atoms with van der Waals surface area (Å²) in [5.74, 6) is -3.71. The first-order valence-corrected chi connectivity index (χ1v) is 14.8. The van der Waals surface area contributed by atoms with Gasteiger partial charge in [-0.05, 0) is 68.2 Å². The van der Waals surface area contributed by atoms with Gasteiger partial charge in [-0.3, -0.25) is 9.59 Å². The van der Waals surface area contributed by atoms with Crippen molar-refractivity contribution in [2.24, 2.45) is 34.5 Å². The van der Waals surface area contributed by atoms with E-state index in [9.17, 15) is 29.4 Å². The van der Waals surface area contributed by atoms with Gasteiger partial charge in [-0.2, -0.15) is 0 Å². The molecule has 1 aromatic rings. The van der Waals surface area contributed by atoms with Gasteiger partial charge in [0.2, 0.25) is 0 Å². The molecular weight excluding hydrogens is 552 g/mol.